The van der Waals surface area contributed by atoms with Crippen molar-refractivity contribution in [1.29, 1.82) is 0 Å². The van der Waals surface area contributed by atoms with E-state index in [1.54, 1.807) is 18.2 Å². The molecule has 0 bridgehead atoms. The topological polar surface area (TPSA) is 57.7 Å². The smallest absolute Gasteiger partial charge is 0.256 e. The molecule has 0 N–H and O–H groups in total. The minimum absolute atomic E-state index is 0.0164. The van der Waals surface area contributed by atoms with E-state index in [1.807, 2.05) is 6.92 Å². The molecule has 24 heavy (non-hydrogen) atoms. The number of halogens is 1. The van der Waals surface area contributed by atoms with Crippen LogP contribution < -0.4 is 0 Å². The van der Waals surface area contributed by atoms with Crippen LogP contribution in [0.15, 0.2) is 40.6 Å². The third-order valence-electron chi connectivity index (χ3n) is 3.94. The lowest BCUT2D eigenvalue weighted by Gasteiger charge is -2.33. The summed E-state index contributed by atoms with van der Waals surface area (Å²) < 4.78 is 40.6. The molecule has 0 spiro atoms. The molecule has 0 saturated carbocycles. The first kappa shape index (κ1) is 17.1. The molecule has 0 radical (unpaired) electrons. The fourth-order valence-corrected chi connectivity index (χ4v) is 5.47. The maximum atomic E-state index is 13.7. The van der Waals surface area contributed by atoms with Crippen molar-refractivity contribution in [3.63, 3.8) is 0 Å². The van der Waals surface area contributed by atoms with E-state index in [1.165, 1.54) is 38.7 Å². The van der Waals surface area contributed by atoms with Gasteiger partial charge in [0.1, 0.15) is 10.0 Å². The predicted octanol–water partition coefficient (Wildman–Crippen LogP) is 2.34. The van der Waals surface area contributed by atoms with Crippen LogP contribution in [-0.4, -0.2) is 49.7 Å². The van der Waals surface area contributed by atoms with Crippen molar-refractivity contribution in [2.24, 2.45) is 0 Å². The van der Waals surface area contributed by atoms with Crippen LogP contribution in [0, 0.1) is 12.7 Å². The summed E-state index contributed by atoms with van der Waals surface area (Å²) >= 11 is 1.23. The maximum absolute atomic E-state index is 13.7. The molecule has 2 heterocycles. The normalized spacial score (nSPS) is 16.3. The quantitative estimate of drug-likeness (QED) is 0.836. The average Bonchev–Trinajstić information content (AvgIpc) is 3.02. The van der Waals surface area contributed by atoms with E-state index in [9.17, 15) is 17.6 Å². The molecule has 3 rings (SSSR count). The van der Waals surface area contributed by atoms with Crippen molar-refractivity contribution in [3.05, 3.63) is 52.7 Å². The second-order valence-corrected chi connectivity index (χ2v) is 8.99. The van der Waals surface area contributed by atoms with Gasteiger partial charge in [-0.25, -0.2) is 12.8 Å². The minimum atomic E-state index is -3.52. The Morgan fingerprint density at radius 2 is 1.75 bits per heavy atom. The van der Waals surface area contributed by atoms with E-state index < -0.39 is 21.7 Å². The highest BCUT2D eigenvalue weighted by Crippen LogP contribution is 2.25. The van der Waals surface area contributed by atoms with Gasteiger partial charge in [-0.05, 0) is 31.2 Å². The lowest BCUT2D eigenvalue weighted by atomic mass is 10.1. The summed E-state index contributed by atoms with van der Waals surface area (Å²) in [5.74, 6) is -0.969. The molecule has 1 aliphatic heterocycles. The number of hydrogen-bond donors (Lipinski definition) is 0. The van der Waals surface area contributed by atoms with Gasteiger partial charge in [0.25, 0.3) is 15.9 Å². The third-order valence-corrected chi connectivity index (χ3v) is 7.31. The van der Waals surface area contributed by atoms with Crippen molar-refractivity contribution in [3.8, 4) is 0 Å². The molecule has 1 aliphatic rings. The number of piperazine rings is 1. The van der Waals surface area contributed by atoms with Gasteiger partial charge in [-0.15, -0.1) is 11.3 Å². The maximum Gasteiger partial charge on any atom is 0.256 e. The van der Waals surface area contributed by atoms with Crippen molar-refractivity contribution in [2.45, 2.75) is 11.1 Å². The van der Waals surface area contributed by atoms with E-state index in [-0.39, 0.29) is 31.7 Å². The molecule has 0 atom stereocenters. The van der Waals surface area contributed by atoms with Gasteiger partial charge in [-0.3, -0.25) is 4.79 Å². The second kappa shape index (κ2) is 6.62. The SMILES string of the molecule is Cc1ccc(S(=O)(=O)N2CCN(C(=O)c3ccccc3F)CC2)s1. The molecule has 5 nitrogen and oxygen atoms in total. The summed E-state index contributed by atoms with van der Waals surface area (Å²) in [4.78, 5) is 14.8. The Bertz CT molecular complexity index is 856. The molecular weight excluding hydrogens is 351 g/mol. The highest BCUT2D eigenvalue weighted by atomic mass is 32.2. The number of nitrogens with zero attached hydrogens (tertiary/aromatic N) is 2. The predicted molar refractivity (Wildman–Crippen MR) is 90.1 cm³/mol. The number of benzene rings is 1. The second-order valence-electron chi connectivity index (χ2n) is 5.54. The molecule has 8 heteroatoms. The lowest BCUT2D eigenvalue weighted by molar-refractivity contribution is 0.0693. The van der Waals surface area contributed by atoms with Gasteiger partial charge >= 0.3 is 0 Å². The molecule has 1 aromatic carbocycles. The first-order chi connectivity index (χ1) is 11.4. The molecule has 1 amide bonds. The summed E-state index contributed by atoms with van der Waals surface area (Å²) in [5.41, 5.74) is 0.0164. The van der Waals surface area contributed by atoms with E-state index in [0.29, 0.717) is 4.21 Å². The average molecular weight is 368 g/mol. The summed E-state index contributed by atoms with van der Waals surface area (Å²) in [5, 5.41) is 0. The first-order valence-corrected chi connectivity index (χ1v) is 9.75. The molecule has 2 aromatic rings. The Balaban J connectivity index is 1.70. The highest BCUT2D eigenvalue weighted by molar-refractivity contribution is 7.91. The Hall–Kier alpha value is -1.77. The van der Waals surface area contributed by atoms with Crippen LogP contribution in [-0.2, 0) is 10.0 Å². The van der Waals surface area contributed by atoms with Gasteiger partial charge in [-0.2, -0.15) is 4.31 Å². The van der Waals surface area contributed by atoms with E-state index in [2.05, 4.69) is 0 Å². The summed E-state index contributed by atoms with van der Waals surface area (Å²) in [6, 6.07) is 9.19. The Labute approximate surface area is 144 Å². The third kappa shape index (κ3) is 3.22. The first-order valence-electron chi connectivity index (χ1n) is 7.50. The lowest BCUT2D eigenvalue weighted by Crippen LogP contribution is -2.50. The number of sulfonamides is 1. The van der Waals surface area contributed by atoms with Crippen LogP contribution in [0.3, 0.4) is 0 Å². The Morgan fingerprint density at radius 1 is 1.08 bits per heavy atom. The summed E-state index contributed by atoms with van der Waals surface area (Å²) in [6.45, 7) is 2.77. The number of thiophene rings is 1. The molecule has 1 saturated heterocycles. The van der Waals surface area contributed by atoms with Crippen molar-refractivity contribution in [2.75, 3.05) is 26.2 Å². The van der Waals surface area contributed by atoms with E-state index in [4.69, 9.17) is 0 Å². The molecule has 128 valence electrons. The molecular formula is C16H17FN2O3S2. The van der Waals surface area contributed by atoms with Gasteiger partial charge in [0.2, 0.25) is 0 Å². The Morgan fingerprint density at radius 3 is 2.33 bits per heavy atom. The summed E-state index contributed by atoms with van der Waals surface area (Å²) in [6.07, 6.45) is 0. The zero-order chi connectivity index (χ0) is 17.3. The number of rotatable bonds is 3. The van der Waals surface area contributed by atoms with Crippen molar-refractivity contribution >= 4 is 27.3 Å². The zero-order valence-electron chi connectivity index (χ0n) is 13.1. The fraction of sp³-hybridized carbons (Fsp3) is 0.312. The van der Waals surface area contributed by atoms with Crippen LogP contribution in [0.2, 0.25) is 0 Å². The molecule has 0 unspecified atom stereocenters. The number of carbonyl (C=O) groups is 1. The van der Waals surface area contributed by atoms with Crippen LogP contribution in [0.1, 0.15) is 15.2 Å². The largest absolute Gasteiger partial charge is 0.336 e. The number of aryl methyl sites for hydroxylation is 1. The molecule has 1 fully saturated rings. The van der Waals surface area contributed by atoms with Gasteiger partial charge in [-0.1, -0.05) is 12.1 Å². The number of amides is 1. The fourth-order valence-electron chi connectivity index (χ4n) is 2.61. The van der Waals surface area contributed by atoms with Gasteiger partial charge < -0.3 is 4.90 Å². The van der Waals surface area contributed by atoms with E-state index >= 15 is 0 Å². The number of carbonyl (C=O) groups excluding carboxylic acids is 1. The van der Waals surface area contributed by atoms with Crippen molar-refractivity contribution < 1.29 is 17.6 Å². The summed E-state index contributed by atoms with van der Waals surface area (Å²) in [7, 11) is -3.52. The minimum Gasteiger partial charge on any atom is -0.336 e. The van der Waals surface area contributed by atoms with E-state index in [0.717, 1.165) is 4.88 Å². The van der Waals surface area contributed by atoms with Crippen LogP contribution >= 0.6 is 11.3 Å². The van der Waals surface area contributed by atoms with Gasteiger partial charge in [0.05, 0.1) is 5.56 Å². The molecule has 1 aromatic heterocycles. The highest BCUT2D eigenvalue weighted by Gasteiger charge is 2.31. The zero-order valence-corrected chi connectivity index (χ0v) is 14.7. The number of hydrogen-bond acceptors (Lipinski definition) is 4. The van der Waals surface area contributed by atoms with Crippen LogP contribution in [0.25, 0.3) is 0 Å². The Kier molecular flexibility index (Phi) is 4.71. The van der Waals surface area contributed by atoms with Crippen LogP contribution in [0.5, 0.6) is 0 Å². The van der Waals surface area contributed by atoms with Crippen LogP contribution in [0.4, 0.5) is 4.39 Å². The van der Waals surface area contributed by atoms with Gasteiger partial charge in [0, 0.05) is 31.1 Å². The molecule has 0 aliphatic carbocycles. The van der Waals surface area contributed by atoms with Gasteiger partial charge in [0.15, 0.2) is 0 Å². The standard InChI is InChI=1S/C16H17FN2O3S2/c1-12-6-7-15(23-12)24(21,22)19-10-8-18(9-11-19)16(20)13-4-2-3-5-14(13)17/h2-7H,8-11H2,1H3. The monoisotopic (exact) mass is 368 g/mol. The van der Waals surface area contributed by atoms with Crippen molar-refractivity contribution in [1.82, 2.24) is 9.21 Å².